The predicted octanol–water partition coefficient (Wildman–Crippen LogP) is 0.0767. The highest BCUT2D eigenvalue weighted by atomic mass is 32.2. The Balaban J connectivity index is 2.78. The van der Waals surface area contributed by atoms with Crippen molar-refractivity contribution in [3.63, 3.8) is 0 Å². The lowest BCUT2D eigenvalue weighted by Crippen LogP contribution is -2.15. The second-order valence-electron chi connectivity index (χ2n) is 2.08. The zero-order chi connectivity index (χ0) is 8.43. The van der Waals surface area contributed by atoms with E-state index in [4.69, 9.17) is 0 Å². The average molecular weight is 174 g/mol. The Hall–Kier alpha value is -0.840. The molecule has 0 aromatic heterocycles. The van der Waals surface area contributed by atoms with Crippen molar-refractivity contribution in [2.75, 3.05) is 20.4 Å². The maximum atomic E-state index is 10.9. The van der Waals surface area contributed by atoms with Gasteiger partial charge in [-0.05, 0) is 6.26 Å². The summed E-state index contributed by atoms with van der Waals surface area (Å²) < 4.78 is 6.25. The number of ether oxygens (including phenoxy) is 1. The van der Waals surface area contributed by atoms with Crippen LogP contribution in [0.2, 0.25) is 0 Å². The maximum absolute atomic E-state index is 10.9. The average Bonchev–Trinajstić information content (AvgIpc) is 2.31. The van der Waals surface area contributed by atoms with Gasteiger partial charge in [0.25, 0.3) is 0 Å². The van der Waals surface area contributed by atoms with E-state index in [0.717, 1.165) is 0 Å². The number of carbonyl (C=O) groups is 1. The van der Waals surface area contributed by atoms with E-state index in [9.17, 15) is 4.79 Å². The first-order valence-corrected chi connectivity index (χ1v) is 4.71. The summed E-state index contributed by atoms with van der Waals surface area (Å²) in [5.41, 5.74) is 0.404. The highest BCUT2D eigenvalue weighted by molar-refractivity contribution is 8.13. The number of hydrogen-bond acceptors (Lipinski definition) is 4. The molecule has 0 saturated carbocycles. The Morgan fingerprint density at radius 1 is 1.82 bits per heavy atom. The lowest BCUT2D eigenvalue weighted by Gasteiger charge is -2.06. The Morgan fingerprint density at radius 2 is 2.45 bits per heavy atom. The van der Waals surface area contributed by atoms with Gasteiger partial charge in [0, 0.05) is 12.4 Å². The Kier molecular flexibility index (Phi) is 2.28. The molecule has 62 valence electrons. The third-order valence-corrected chi connectivity index (χ3v) is 2.82. The third-order valence-electron chi connectivity index (χ3n) is 1.34. The first kappa shape index (κ1) is 8.26. The van der Waals surface area contributed by atoms with Gasteiger partial charge in [-0.15, -0.1) is 0 Å². The van der Waals surface area contributed by atoms with E-state index in [0.29, 0.717) is 5.71 Å². The largest absolute Gasteiger partial charge is 0.464 e. The molecule has 1 aliphatic rings. The number of esters is 1. The highest BCUT2D eigenvalue weighted by Gasteiger charge is 2.16. The SMILES string of the molecule is COC(=O)C1=NN(C)S(C)=C1. The minimum absolute atomic E-state index is 0.0660. The van der Waals surface area contributed by atoms with E-state index < -0.39 is 0 Å². The maximum Gasteiger partial charge on any atom is 0.359 e. The zero-order valence-electron chi connectivity index (χ0n) is 6.70. The van der Waals surface area contributed by atoms with Crippen LogP contribution in [0.1, 0.15) is 0 Å². The van der Waals surface area contributed by atoms with Gasteiger partial charge in [-0.3, -0.25) is 0 Å². The van der Waals surface area contributed by atoms with Crippen molar-refractivity contribution in [1.29, 1.82) is 0 Å². The normalized spacial score (nSPS) is 22.6. The van der Waals surface area contributed by atoms with Crippen LogP contribution in [-0.4, -0.2) is 41.9 Å². The number of hydrazone groups is 1. The smallest absolute Gasteiger partial charge is 0.359 e. The summed E-state index contributed by atoms with van der Waals surface area (Å²) >= 11 is 0. The van der Waals surface area contributed by atoms with E-state index in [1.165, 1.54) is 7.11 Å². The summed E-state index contributed by atoms with van der Waals surface area (Å²) in [7, 11) is 3.11. The van der Waals surface area contributed by atoms with Gasteiger partial charge >= 0.3 is 5.97 Å². The van der Waals surface area contributed by atoms with Gasteiger partial charge in [-0.1, -0.05) is 10.7 Å². The lowest BCUT2D eigenvalue weighted by molar-refractivity contribution is -0.132. The van der Waals surface area contributed by atoms with Gasteiger partial charge in [0.1, 0.15) is 0 Å². The van der Waals surface area contributed by atoms with Gasteiger partial charge in [-0.2, -0.15) is 5.10 Å². The Morgan fingerprint density at radius 3 is 2.82 bits per heavy atom. The van der Waals surface area contributed by atoms with Gasteiger partial charge in [-0.25, -0.2) is 9.21 Å². The molecule has 1 aliphatic heterocycles. The Bertz CT molecular complexity index is 247. The van der Waals surface area contributed by atoms with Gasteiger partial charge in [0.05, 0.1) is 7.11 Å². The van der Waals surface area contributed by atoms with E-state index in [-0.39, 0.29) is 16.6 Å². The molecule has 1 heterocycles. The summed E-state index contributed by atoms with van der Waals surface area (Å²) in [5, 5.41) is 5.77. The predicted molar refractivity (Wildman–Crippen MR) is 46.8 cm³/mol. The minimum atomic E-state index is -0.367. The van der Waals surface area contributed by atoms with Crippen LogP contribution in [0.15, 0.2) is 5.10 Å². The number of nitrogens with zero attached hydrogens (tertiary/aromatic N) is 2. The van der Waals surface area contributed by atoms with Crippen molar-refractivity contribution in [2.24, 2.45) is 5.10 Å². The van der Waals surface area contributed by atoms with Crippen molar-refractivity contribution < 1.29 is 9.53 Å². The number of carbonyl (C=O) groups excluding carboxylic acids is 1. The van der Waals surface area contributed by atoms with Crippen LogP contribution in [0.5, 0.6) is 0 Å². The van der Waals surface area contributed by atoms with Crippen LogP contribution in [0.4, 0.5) is 0 Å². The molecule has 0 fully saturated rings. The fourth-order valence-corrected chi connectivity index (χ4v) is 1.51. The molecule has 0 spiro atoms. The molecule has 0 radical (unpaired) electrons. The standard InChI is InChI=1S/C6H10N2O2S/c1-8-7-5(4-11(8)3)6(9)10-2/h4H,1-3H3. The third kappa shape index (κ3) is 1.59. The fraction of sp³-hybridized carbons (Fsp3) is 0.500. The van der Waals surface area contributed by atoms with Crippen LogP contribution in [-0.2, 0) is 9.53 Å². The van der Waals surface area contributed by atoms with E-state index in [2.05, 4.69) is 9.84 Å². The molecule has 4 nitrogen and oxygen atoms in total. The summed E-state index contributed by atoms with van der Waals surface area (Å²) in [6.07, 6.45) is 1.99. The molecule has 0 N–H and O–H groups in total. The number of methoxy groups -OCH3 is 1. The van der Waals surface area contributed by atoms with Crippen molar-refractivity contribution in [3.05, 3.63) is 0 Å². The van der Waals surface area contributed by atoms with Crippen LogP contribution in [0, 0.1) is 0 Å². The molecule has 0 amide bonds. The number of hydrogen-bond donors (Lipinski definition) is 0. The lowest BCUT2D eigenvalue weighted by atomic mass is 10.4. The Labute approximate surface area is 67.9 Å². The summed E-state index contributed by atoms with van der Waals surface area (Å²) in [5.74, 6) is -0.367. The summed E-state index contributed by atoms with van der Waals surface area (Å²) in [6.45, 7) is 0. The van der Waals surface area contributed by atoms with Crippen molar-refractivity contribution >= 4 is 27.7 Å². The quantitative estimate of drug-likeness (QED) is 0.417. The van der Waals surface area contributed by atoms with Crippen LogP contribution in [0.25, 0.3) is 0 Å². The molecule has 0 saturated heterocycles. The molecule has 5 heteroatoms. The van der Waals surface area contributed by atoms with Crippen LogP contribution < -0.4 is 0 Å². The van der Waals surface area contributed by atoms with Crippen LogP contribution >= 0.6 is 10.7 Å². The van der Waals surface area contributed by atoms with Gasteiger partial charge in [0.2, 0.25) is 0 Å². The van der Waals surface area contributed by atoms with E-state index in [1.807, 2.05) is 13.3 Å². The molecule has 1 rings (SSSR count). The van der Waals surface area contributed by atoms with Crippen molar-refractivity contribution in [1.82, 2.24) is 4.41 Å². The van der Waals surface area contributed by atoms with Crippen molar-refractivity contribution in [3.8, 4) is 0 Å². The van der Waals surface area contributed by atoms with E-state index >= 15 is 0 Å². The molecule has 11 heavy (non-hydrogen) atoms. The fourth-order valence-electron chi connectivity index (χ4n) is 0.671. The number of rotatable bonds is 1. The highest BCUT2D eigenvalue weighted by Crippen LogP contribution is 2.17. The monoisotopic (exact) mass is 174 g/mol. The minimum Gasteiger partial charge on any atom is -0.464 e. The zero-order valence-corrected chi connectivity index (χ0v) is 7.51. The second-order valence-corrected chi connectivity index (χ2v) is 3.89. The molecular weight excluding hydrogens is 164 g/mol. The van der Waals surface area contributed by atoms with Crippen molar-refractivity contribution in [2.45, 2.75) is 0 Å². The molecule has 0 aliphatic carbocycles. The molecule has 1 atom stereocenters. The first-order valence-electron chi connectivity index (χ1n) is 3.05. The van der Waals surface area contributed by atoms with Gasteiger partial charge in [0.15, 0.2) is 5.71 Å². The summed E-state index contributed by atoms with van der Waals surface area (Å²) in [6, 6.07) is 0. The molecular formula is C6H10N2O2S. The van der Waals surface area contributed by atoms with E-state index in [1.54, 1.807) is 9.78 Å². The molecule has 0 bridgehead atoms. The topological polar surface area (TPSA) is 41.9 Å². The van der Waals surface area contributed by atoms with Gasteiger partial charge < -0.3 is 4.74 Å². The molecule has 0 aromatic carbocycles. The molecule has 1 unspecified atom stereocenters. The second kappa shape index (κ2) is 3.04. The summed E-state index contributed by atoms with van der Waals surface area (Å²) in [4.78, 5) is 10.9. The molecule has 0 aromatic rings. The first-order chi connectivity index (χ1) is 5.15. The van der Waals surface area contributed by atoms with Crippen LogP contribution in [0.3, 0.4) is 0 Å².